The number of methoxy groups -OCH3 is 3. The number of nitrogens with zero attached hydrogens (tertiary/aromatic N) is 1. The van der Waals surface area contributed by atoms with Crippen LogP contribution in [0.2, 0.25) is 5.02 Å². The van der Waals surface area contributed by atoms with Crippen LogP contribution in [0, 0.1) is 6.92 Å². The molecule has 3 aromatic carbocycles. The number of hydrogen-bond acceptors (Lipinski definition) is 6. The number of anilines is 1. The van der Waals surface area contributed by atoms with Gasteiger partial charge in [0.25, 0.3) is 10.0 Å². The molecule has 0 aromatic heterocycles. The topological polar surface area (TPSA) is 94.2 Å². The van der Waals surface area contributed by atoms with Crippen molar-refractivity contribution in [1.29, 1.82) is 0 Å². The van der Waals surface area contributed by atoms with E-state index in [1.807, 2.05) is 0 Å². The second kappa shape index (κ2) is 11.3. The van der Waals surface area contributed by atoms with Gasteiger partial charge in [-0.1, -0.05) is 35.9 Å². The van der Waals surface area contributed by atoms with E-state index >= 15 is 0 Å². The number of rotatable bonds is 10. The van der Waals surface area contributed by atoms with Crippen molar-refractivity contribution in [3.8, 4) is 17.2 Å². The van der Waals surface area contributed by atoms with Crippen molar-refractivity contribution in [2.45, 2.75) is 18.4 Å². The highest BCUT2D eigenvalue weighted by molar-refractivity contribution is 7.92. The molecule has 0 aliphatic rings. The average molecular weight is 519 g/mol. The SMILES string of the molecule is COc1cc(CNC(=O)CN(c2cccc(Cl)c2C)S(=O)(=O)c2ccccc2)cc(OC)c1OC. The summed E-state index contributed by atoms with van der Waals surface area (Å²) in [6.07, 6.45) is 0. The normalized spacial score (nSPS) is 11.0. The highest BCUT2D eigenvalue weighted by atomic mass is 35.5. The van der Waals surface area contributed by atoms with Crippen molar-refractivity contribution in [3.63, 3.8) is 0 Å². The van der Waals surface area contributed by atoms with Gasteiger partial charge in [0.05, 0.1) is 31.9 Å². The van der Waals surface area contributed by atoms with Crippen LogP contribution < -0.4 is 23.8 Å². The molecule has 0 unspecified atom stereocenters. The summed E-state index contributed by atoms with van der Waals surface area (Å²) in [7, 11) is 0.456. The molecule has 10 heteroatoms. The summed E-state index contributed by atoms with van der Waals surface area (Å²) in [6, 6.07) is 16.3. The van der Waals surface area contributed by atoms with E-state index < -0.39 is 22.5 Å². The first-order valence-electron chi connectivity index (χ1n) is 10.6. The van der Waals surface area contributed by atoms with Crippen LogP contribution in [0.25, 0.3) is 0 Å². The lowest BCUT2D eigenvalue weighted by molar-refractivity contribution is -0.119. The molecular weight excluding hydrogens is 492 g/mol. The maximum absolute atomic E-state index is 13.5. The summed E-state index contributed by atoms with van der Waals surface area (Å²) in [5.41, 5.74) is 1.56. The summed E-state index contributed by atoms with van der Waals surface area (Å²) in [4.78, 5) is 13.0. The Morgan fingerprint density at radius 3 is 2.14 bits per heavy atom. The van der Waals surface area contributed by atoms with E-state index in [0.29, 0.717) is 39.1 Å². The Hall–Kier alpha value is -3.43. The first kappa shape index (κ1) is 26.2. The summed E-state index contributed by atoms with van der Waals surface area (Å²) >= 11 is 6.26. The lowest BCUT2D eigenvalue weighted by atomic mass is 10.1. The third-order valence-electron chi connectivity index (χ3n) is 5.34. The maximum Gasteiger partial charge on any atom is 0.264 e. The van der Waals surface area contributed by atoms with Gasteiger partial charge in [-0.2, -0.15) is 0 Å². The zero-order valence-corrected chi connectivity index (χ0v) is 21.4. The van der Waals surface area contributed by atoms with Crippen LogP contribution in [0.4, 0.5) is 5.69 Å². The third kappa shape index (κ3) is 5.80. The van der Waals surface area contributed by atoms with Crippen LogP contribution >= 0.6 is 11.6 Å². The van der Waals surface area contributed by atoms with Crippen LogP contribution in [0.15, 0.2) is 65.6 Å². The molecule has 0 aliphatic carbocycles. The fourth-order valence-corrected chi connectivity index (χ4v) is 5.18. The molecule has 0 aliphatic heterocycles. The van der Waals surface area contributed by atoms with Crippen LogP contribution in [-0.4, -0.2) is 42.2 Å². The number of amides is 1. The fraction of sp³-hybridized carbons (Fsp3) is 0.240. The smallest absolute Gasteiger partial charge is 0.264 e. The Morgan fingerprint density at radius 2 is 1.57 bits per heavy atom. The Kier molecular flexibility index (Phi) is 8.48. The molecule has 0 spiro atoms. The molecule has 0 heterocycles. The van der Waals surface area contributed by atoms with Gasteiger partial charge in [0, 0.05) is 11.6 Å². The van der Waals surface area contributed by atoms with E-state index in [1.54, 1.807) is 55.5 Å². The first-order valence-corrected chi connectivity index (χ1v) is 12.4. The lowest BCUT2D eigenvalue weighted by Crippen LogP contribution is -2.41. The van der Waals surface area contributed by atoms with Gasteiger partial charge in [0.1, 0.15) is 6.54 Å². The summed E-state index contributed by atoms with van der Waals surface area (Å²) < 4.78 is 44.1. The summed E-state index contributed by atoms with van der Waals surface area (Å²) in [6.45, 7) is 1.38. The molecule has 186 valence electrons. The van der Waals surface area contributed by atoms with Crippen molar-refractivity contribution < 1.29 is 27.4 Å². The number of nitrogens with one attached hydrogen (secondary N) is 1. The number of carbonyl (C=O) groups is 1. The Labute approximate surface area is 210 Å². The first-order chi connectivity index (χ1) is 16.7. The zero-order chi connectivity index (χ0) is 25.6. The molecule has 1 N–H and O–H groups in total. The summed E-state index contributed by atoms with van der Waals surface area (Å²) in [5, 5.41) is 3.16. The zero-order valence-electron chi connectivity index (χ0n) is 19.9. The minimum absolute atomic E-state index is 0.0665. The maximum atomic E-state index is 13.5. The highest BCUT2D eigenvalue weighted by Crippen LogP contribution is 2.38. The number of sulfonamides is 1. The third-order valence-corrected chi connectivity index (χ3v) is 7.52. The molecule has 1 amide bonds. The van der Waals surface area contributed by atoms with Crippen molar-refractivity contribution in [2.75, 3.05) is 32.2 Å². The summed E-state index contributed by atoms with van der Waals surface area (Å²) in [5.74, 6) is 0.817. The average Bonchev–Trinajstić information content (AvgIpc) is 2.87. The van der Waals surface area contributed by atoms with Crippen LogP contribution in [0.1, 0.15) is 11.1 Å². The van der Waals surface area contributed by atoms with E-state index in [0.717, 1.165) is 4.31 Å². The van der Waals surface area contributed by atoms with Crippen molar-refractivity contribution in [3.05, 3.63) is 76.8 Å². The van der Waals surface area contributed by atoms with Gasteiger partial charge in [-0.25, -0.2) is 8.42 Å². The molecule has 0 saturated carbocycles. The van der Waals surface area contributed by atoms with Crippen LogP contribution in [-0.2, 0) is 21.4 Å². The molecule has 35 heavy (non-hydrogen) atoms. The molecule has 0 atom stereocenters. The van der Waals surface area contributed by atoms with E-state index in [-0.39, 0.29) is 11.4 Å². The van der Waals surface area contributed by atoms with E-state index in [1.165, 1.54) is 33.5 Å². The number of hydrogen-bond donors (Lipinski definition) is 1. The second-order valence-electron chi connectivity index (χ2n) is 7.52. The molecule has 3 rings (SSSR count). The minimum atomic E-state index is -4.04. The van der Waals surface area contributed by atoms with Gasteiger partial charge in [-0.15, -0.1) is 0 Å². The molecule has 0 saturated heterocycles. The predicted octanol–water partition coefficient (Wildman–Crippen LogP) is 4.19. The van der Waals surface area contributed by atoms with Crippen molar-refractivity contribution in [1.82, 2.24) is 5.32 Å². The Balaban J connectivity index is 1.89. The Bertz CT molecular complexity index is 1270. The molecular formula is C25H27ClN2O6S. The van der Waals surface area contributed by atoms with Gasteiger partial charge in [-0.05, 0) is 54.4 Å². The number of carbonyl (C=O) groups excluding carboxylic acids is 1. The number of benzene rings is 3. The van der Waals surface area contributed by atoms with Gasteiger partial charge in [-0.3, -0.25) is 9.10 Å². The molecule has 3 aromatic rings. The Morgan fingerprint density at radius 1 is 0.943 bits per heavy atom. The molecule has 0 fully saturated rings. The molecule has 0 bridgehead atoms. The quantitative estimate of drug-likeness (QED) is 0.432. The molecule has 0 radical (unpaired) electrons. The van der Waals surface area contributed by atoms with Crippen LogP contribution in [0.3, 0.4) is 0 Å². The number of halogens is 1. The highest BCUT2D eigenvalue weighted by Gasteiger charge is 2.28. The van der Waals surface area contributed by atoms with Gasteiger partial charge in [0.2, 0.25) is 11.7 Å². The molecule has 8 nitrogen and oxygen atoms in total. The number of ether oxygens (including phenoxy) is 3. The second-order valence-corrected chi connectivity index (χ2v) is 9.79. The van der Waals surface area contributed by atoms with Crippen molar-refractivity contribution in [2.24, 2.45) is 0 Å². The van der Waals surface area contributed by atoms with E-state index in [4.69, 9.17) is 25.8 Å². The van der Waals surface area contributed by atoms with Gasteiger partial charge >= 0.3 is 0 Å². The van der Waals surface area contributed by atoms with Gasteiger partial charge < -0.3 is 19.5 Å². The fourth-order valence-electron chi connectivity index (χ4n) is 3.51. The van der Waals surface area contributed by atoms with Gasteiger partial charge in [0.15, 0.2) is 11.5 Å². The van der Waals surface area contributed by atoms with E-state index in [2.05, 4.69) is 5.32 Å². The van der Waals surface area contributed by atoms with E-state index in [9.17, 15) is 13.2 Å². The van der Waals surface area contributed by atoms with Crippen LogP contribution in [0.5, 0.6) is 17.2 Å². The standard InChI is InChI=1S/C25H27ClN2O6S/c1-17-20(26)11-8-12-21(17)28(35(30,31)19-9-6-5-7-10-19)16-24(29)27-15-18-13-22(32-2)25(34-4)23(14-18)33-3/h5-14H,15-16H2,1-4H3,(H,27,29). The monoisotopic (exact) mass is 518 g/mol. The largest absolute Gasteiger partial charge is 0.493 e. The van der Waals surface area contributed by atoms with Crippen molar-refractivity contribution >= 4 is 33.2 Å². The minimum Gasteiger partial charge on any atom is -0.493 e. The predicted molar refractivity (Wildman–Crippen MR) is 135 cm³/mol. The lowest BCUT2D eigenvalue weighted by Gasteiger charge is -2.26.